The Morgan fingerprint density at radius 1 is 1.22 bits per heavy atom. The molecule has 1 aliphatic rings. The van der Waals surface area contributed by atoms with Gasteiger partial charge in [0.15, 0.2) is 0 Å². The van der Waals surface area contributed by atoms with Crippen molar-refractivity contribution in [3.8, 4) is 17.7 Å². The normalized spacial score (nSPS) is 13.8. The topological polar surface area (TPSA) is 29.5 Å². The van der Waals surface area contributed by atoms with Gasteiger partial charge in [-0.15, -0.1) is 0 Å². The number of allylic oxidation sites excluding steroid dienone is 2. The maximum atomic E-state index is 11.6. The fourth-order valence-electron chi connectivity index (χ4n) is 1.46. The molecule has 0 unspecified atom stereocenters. The van der Waals surface area contributed by atoms with Crippen LogP contribution in [0.1, 0.15) is 12.0 Å². The maximum absolute atomic E-state index is 11.6. The van der Waals surface area contributed by atoms with Crippen LogP contribution < -0.4 is 4.74 Å². The molecule has 0 fully saturated rings. The minimum absolute atomic E-state index is 0.0268. The van der Waals surface area contributed by atoms with Crippen LogP contribution in [0.15, 0.2) is 48.7 Å². The van der Waals surface area contributed by atoms with Crippen molar-refractivity contribution >= 4 is 5.91 Å². The largest absolute Gasteiger partial charge is 0.497 e. The first-order chi connectivity index (χ1) is 8.79. The predicted octanol–water partition coefficient (Wildman–Crippen LogP) is 2.31. The lowest BCUT2D eigenvalue weighted by molar-refractivity contribution is -0.125. The first-order valence-electron chi connectivity index (χ1n) is 5.61. The summed E-state index contributed by atoms with van der Waals surface area (Å²) in [6.07, 6.45) is 7.50. The van der Waals surface area contributed by atoms with Gasteiger partial charge >= 0.3 is 0 Å². The Labute approximate surface area is 106 Å². The first kappa shape index (κ1) is 12.0. The van der Waals surface area contributed by atoms with Crippen LogP contribution in [0.4, 0.5) is 0 Å². The molecule has 0 spiro atoms. The van der Waals surface area contributed by atoms with Crippen molar-refractivity contribution in [1.82, 2.24) is 4.90 Å². The van der Waals surface area contributed by atoms with Gasteiger partial charge in [-0.25, -0.2) is 4.90 Å². The molecule has 0 N–H and O–H groups in total. The van der Waals surface area contributed by atoms with Gasteiger partial charge in [0.05, 0.1) is 7.11 Å². The summed E-state index contributed by atoms with van der Waals surface area (Å²) in [5.41, 5.74) is 0.842. The second-order valence-corrected chi connectivity index (χ2v) is 3.70. The number of carbonyl (C=O) groups excluding carboxylic acids is 1. The van der Waals surface area contributed by atoms with E-state index in [-0.39, 0.29) is 5.91 Å². The quantitative estimate of drug-likeness (QED) is 0.704. The number of carbonyl (C=O) groups is 1. The Kier molecular flexibility index (Phi) is 3.83. The van der Waals surface area contributed by atoms with Gasteiger partial charge in [-0.3, -0.25) is 4.79 Å². The molecular formula is C15H13NO2. The Hall–Kier alpha value is -2.47. The zero-order valence-electron chi connectivity index (χ0n) is 10.1. The summed E-state index contributed by atoms with van der Waals surface area (Å²) >= 11 is 0. The molecule has 3 heteroatoms. The number of methoxy groups -OCH3 is 1. The van der Waals surface area contributed by atoms with Crippen LogP contribution in [0.5, 0.6) is 5.75 Å². The van der Waals surface area contributed by atoms with E-state index >= 15 is 0 Å². The molecule has 3 nitrogen and oxygen atoms in total. The lowest BCUT2D eigenvalue weighted by Crippen LogP contribution is -2.18. The number of ether oxygens (including phenoxy) is 1. The highest BCUT2D eigenvalue weighted by Gasteiger charge is 2.07. The van der Waals surface area contributed by atoms with Gasteiger partial charge in [0, 0.05) is 24.2 Å². The van der Waals surface area contributed by atoms with E-state index in [2.05, 4.69) is 12.0 Å². The van der Waals surface area contributed by atoms with Gasteiger partial charge in [-0.2, -0.15) is 0 Å². The molecule has 1 aromatic rings. The molecule has 1 heterocycles. The zero-order chi connectivity index (χ0) is 12.8. The minimum atomic E-state index is -0.0268. The second kappa shape index (κ2) is 5.74. The molecule has 1 aliphatic heterocycles. The third-order valence-corrected chi connectivity index (χ3v) is 2.45. The summed E-state index contributed by atoms with van der Waals surface area (Å²) in [6.45, 7) is 0. The van der Waals surface area contributed by atoms with Crippen molar-refractivity contribution in [2.75, 3.05) is 7.11 Å². The molecule has 0 atom stereocenters. The molecule has 2 rings (SSSR count). The van der Waals surface area contributed by atoms with Crippen molar-refractivity contribution in [3.05, 3.63) is 54.3 Å². The van der Waals surface area contributed by atoms with Crippen molar-refractivity contribution in [1.29, 1.82) is 0 Å². The summed E-state index contributed by atoms with van der Waals surface area (Å²) in [4.78, 5) is 13.0. The maximum Gasteiger partial charge on any atom is 0.241 e. The SMILES string of the molecule is COc1ccc(C#CN2C=CC=CCC2=O)cc1. The zero-order valence-corrected chi connectivity index (χ0v) is 10.1. The van der Waals surface area contributed by atoms with Crippen LogP contribution >= 0.6 is 0 Å². The summed E-state index contributed by atoms with van der Waals surface area (Å²) in [5, 5.41) is 0. The number of benzene rings is 1. The number of rotatable bonds is 1. The van der Waals surface area contributed by atoms with Crippen molar-refractivity contribution in [2.24, 2.45) is 0 Å². The van der Waals surface area contributed by atoms with Gasteiger partial charge < -0.3 is 4.74 Å². The van der Waals surface area contributed by atoms with Gasteiger partial charge in [0.1, 0.15) is 5.75 Å². The third kappa shape index (κ3) is 3.02. The van der Waals surface area contributed by atoms with Crippen LogP contribution in [0, 0.1) is 12.0 Å². The summed E-state index contributed by atoms with van der Waals surface area (Å²) < 4.78 is 5.07. The van der Waals surface area contributed by atoms with Crippen LogP contribution in [0.2, 0.25) is 0 Å². The minimum Gasteiger partial charge on any atom is -0.497 e. The highest BCUT2D eigenvalue weighted by Crippen LogP contribution is 2.10. The molecule has 1 aromatic carbocycles. The third-order valence-electron chi connectivity index (χ3n) is 2.45. The lowest BCUT2D eigenvalue weighted by Gasteiger charge is -2.06. The highest BCUT2D eigenvalue weighted by atomic mass is 16.5. The van der Waals surface area contributed by atoms with E-state index in [0.29, 0.717) is 6.42 Å². The van der Waals surface area contributed by atoms with Crippen molar-refractivity contribution < 1.29 is 9.53 Å². The number of nitrogens with zero attached hydrogens (tertiary/aromatic N) is 1. The van der Waals surface area contributed by atoms with Gasteiger partial charge in [-0.1, -0.05) is 12.2 Å². The molecule has 18 heavy (non-hydrogen) atoms. The Morgan fingerprint density at radius 2 is 2.00 bits per heavy atom. The lowest BCUT2D eigenvalue weighted by atomic mass is 10.2. The number of hydrogen-bond donors (Lipinski definition) is 0. The smallest absolute Gasteiger partial charge is 0.241 e. The van der Waals surface area contributed by atoms with Gasteiger partial charge in [0.25, 0.3) is 0 Å². The summed E-state index contributed by atoms with van der Waals surface area (Å²) in [5.74, 6) is 3.71. The van der Waals surface area contributed by atoms with Gasteiger partial charge in [-0.05, 0) is 36.3 Å². The number of hydrogen-bond acceptors (Lipinski definition) is 2. The van der Waals surface area contributed by atoms with E-state index in [1.54, 1.807) is 19.4 Å². The van der Waals surface area contributed by atoms with Crippen LogP contribution in [-0.4, -0.2) is 17.9 Å². The highest BCUT2D eigenvalue weighted by molar-refractivity contribution is 5.81. The first-order valence-corrected chi connectivity index (χ1v) is 5.61. The van der Waals surface area contributed by atoms with E-state index in [1.807, 2.05) is 36.4 Å². The van der Waals surface area contributed by atoms with E-state index in [0.717, 1.165) is 11.3 Å². The average molecular weight is 239 g/mol. The summed E-state index contributed by atoms with van der Waals surface area (Å²) in [7, 11) is 1.62. The Balaban J connectivity index is 2.13. The molecule has 90 valence electrons. The molecule has 0 bridgehead atoms. The van der Waals surface area contributed by atoms with Crippen molar-refractivity contribution in [2.45, 2.75) is 6.42 Å². The van der Waals surface area contributed by atoms with Gasteiger partial charge in [0.2, 0.25) is 5.91 Å². The molecule has 0 aromatic heterocycles. The molecular weight excluding hydrogens is 226 g/mol. The van der Waals surface area contributed by atoms with E-state index in [4.69, 9.17) is 4.74 Å². The Morgan fingerprint density at radius 3 is 2.72 bits per heavy atom. The predicted molar refractivity (Wildman–Crippen MR) is 69.6 cm³/mol. The Bertz CT molecular complexity index is 544. The van der Waals surface area contributed by atoms with Crippen LogP contribution in [0.25, 0.3) is 0 Å². The monoisotopic (exact) mass is 239 g/mol. The molecule has 0 saturated heterocycles. The summed E-state index contributed by atoms with van der Waals surface area (Å²) in [6, 6.07) is 10.2. The fraction of sp³-hybridized carbons (Fsp3) is 0.133. The molecule has 0 radical (unpaired) electrons. The van der Waals surface area contributed by atoms with E-state index < -0.39 is 0 Å². The van der Waals surface area contributed by atoms with Crippen molar-refractivity contribution in [3.63, 3.8) is 0 Å². The van der Waals surface area contributed by atoms with Crippen LogP contribution in [-0.2, 0) is 4.79 Å². The van der Waals surface area contributed by atoms with Crippen LogP contribution in [0.3, 0.4) is 0 Å². The fourth-order valence-corrected chi connectivity index (χ4v) is 1.46. The molecule has 1 amide bonds. The standard InChI is InChI=1S/C15H13NO2/c1-18-14-8-6-13(7-9-14)10-12-16-11-4-2-3-5-15(16)17/h2-4,6-9,11H,5H2,1H3. The molecule has 0 saturated carbocycles. The van der Waals surface area contributed by atoms with E-state index in [9.17, 15) is 4.79 Å². The molecule has 0 aliphatic carbocycles. The van der Waals surface area contributed by atoms with E-state index in [1.165, 1.54) is 4.90 Å². The number of amides is 1. The average Bonchev–Trinajstić information content (AvgIpc) is 2.62. The second-order valence-electron chi connectivity index (χ2n) is 3.70.